The van der Waals surface area contributed by atoms with Gasteiger partial charge < -0.3 is 19.5 Å². The zero-order valence-corrected chi connectivity index (χ0v) is 19.2. The molecule has 168 valence electrons. The van der Waals surface area contributed by atoms with Gasteiger partial charge in [0.05, 0.1) is 17.0 Å². The van der Waals surface area contributed by atoms with Gasteiger partial charge in [0.25, 0.3) is 5.91 Å². The smallest absolute Gasteiger partial charge is 0.253 e. The van der Waals surface area contributed by atoms with Gasteiger partial charge in [-0.15, -0.1) is 11.3 Å². The van der Waals surface area contributed by atoms with Crippen LogP contribution in [0.5, 0.6) is 5.75 Å². The van der Waals surface area contributed by atoms with E-state index in [1.54, 1.807) is 29.2 Å². The minimum atomic E-state index is -0.108. The standard InChI is InChI=1S/C23H26N4O4S/c1-14-13-32-23(24-14)25-21(28)17-8-10-27(11-9-17)22(29)18-4-6-19(7-5-18)30-12-20-15(2)26-31-16(20)3/h4-7,13,17H,8-12H2,1-3H3,(H,24,25,28). The number of thiazole rings is 1. The lowest BCUT2D eigenvalue weighted by molar-refractivity contribution is -0.121. The van der Waals surface area contributed by atoms with Crippen LogP contribution in [0.3, 0.4) is 0 Å². The van der Waals surface area contributed by atoms with E-state index in [-0.39, 0.29) is 17.7 Å². The normalized spacial score (nSPS) is 14.4. The zero-order chi connectivity index (χ0) is 22.7. The van der Waals surface area contributed by atoms with Gasteiger partial charge in [0.1, 0.15) is 18.1 Å². The van der Waals surface area contributed by atoms with Crippen LogP contribution < -0.4 is 10.1 Å². The van der Waals surface area contributed by atoms with Crippen molar-refractivity contribution in [2.45, 2.75) is 40.2 Å². The predicted octanol–water partition coefficient (Wildman–Crippen LogP) is 4.13. The minimum absolute atomic E-state index is 0.0220. The summed E-state index contributed by atoms with van der Waals surface area (Å²) in [4.78, 5) is 31.4. The van der Waals surface area contributed by atoms with Crippen molar-refractivity contribution in [2.75, 3.05) is 18.4 Å². The highest BCUT2D eigenvalue weighted by molar-refractivity contribution is 7.13. The van der Waals surface area contributed by atoms with Gasteiger partial charge in [0.2, 0.25) is 5.91 Å². The number of hydrogen-bond acceptors (Lipinski definition) is 7. The third kappa shape index (κ3) is 4.99. The Hall–Kier alpha value is -3.20. The van der Waals surface area contributed by atoms with Crippen LogP contribution in [0.4, 0.5) is 5.13 Å². The Bertz CT molecular complexity index is 1080. The first-order valence-electron chi connectivity index (χ1n) is 10.6. The lowest BCUT2D eigenvalue weighted by Gasteiger charge is -2.31. The number of nitrogens with zero attached hydrogens (tertiary/aromatic N) is 3. The van der Waals surface area contributed by atoms with Crippen molar-refractivity contribution >= 4 is 28.3 Å². The second kappa shape index (κ2) is 9.52. The van der Waals surface area contributed by atoms with Gasteiger partial charge >= 0.3 is 0 Å². The van der Waals surface area contributed by atoms with E-state index in [1.165, 1.54) is 11.3 Å². The first-order valence-corrected chi connectivity index (χ1v) is 11.5. The van der Waals surface area contributed by atoms with Crippen molar-refractivity contribution in [3.63, 3.8) is 0 Å². The van der Waals surface area contributed by atoms with Crippen molar-refractivity contribution in [1.29, 1.82) is 0 Å². The molecular weight excluding hydrogens is 428 g/mol. The van der Waals surface area contributed by atoms with Gasteiger partial charge in [-0.25, -0.2) is 4.98 Å². The van der Waals surface area contributed by atoms with E-state index in [4.69, 9.17) is 9.26 Å². The lowest BCUT2D eigenvalue weighted by Crippen LogP contribution is -2.41. The number of amides is 2. The highest BCUT2D eigenvalue weighted by Gasteiger charge is 2.28. The Labute approximate surface area is 190 Å². The summed E-state index contributed by atoms with van der Waals surface area (Å²) in [6.45, 7) is 7.10. The van der Waals surface area contributed by atoms with Crippen LogP contribution in [0, 0.1) is 26.7 Å². The van der Waals surface area contributed by atoms with Gasteiger partial charge in [0, 0.05) is 30.0 Å². The summed E-state index contributed by atoms with van der Waals surface area (Å²) in [5, 5.41) is 9.34. The van der Waals surface area contributed by atoms with Gasteiger partial charge in [-0.1, -0.05) is 5.16 Å². The highest BCUT2D eigenvalue weighted by Crippen LogP contribution is 2.23. The molecule has 1 fully saturated rings. The van der Waals surface area contributed by atoms with Crippen molar-refractivity contribution in [2.24, 2.45) is 5.92 Å². The Morgan fingerprint density at radius 1 is 1.19 bits per heavy atom. The largest absolute Gasteiger partial charge is 0.489 e. The maximum atomic E-state index is 12.9. The van der Waals surface area contributed by atoms with Gasteiger partial charge in [-0.2, -0.15) is 0 Å². The molecule has 0 spiro atoms. The van der Waals surface area contributed by atoms with E-state index in [0.29, 0.717) is 49.0 Å². The molecule has 2 aromatic heterocycles. The van der Waals surface area contributed by atoms with Crippen LogP contribution >= 0.6 is 11.3 Å². The fourth-order valence-corrected chi connectivity index (χ4v) is 4.39. The number of piperidine rings is 1. The number of ether oxygens (including phenoxy) is 1. The SMILES string of the molecule is Cc1csc(NC(=O)C2CCN(C(=O)c3ccc(OCc4c(C)noc4C)cc3)CC2)n1. The number of benzene rings is 1. The average Bonchev–Trinajstić information content (AvgIpc) is 3.36. The summed E-state index contributed by atoms with van der Waals surface area (Å²) in [5.41, 5.74) is 3.25. The van der Waals surface area contributed by atoms with E-state index >= 15 is 0 Å². The van der Waals surface area contributed by atoms with Crippen LogP contribution in [-0.4, -0.2) is 39.9 Å². The maximum absolute atomic E-state index is 12.9. The Morgan fingerprint density at radius 3 is 2.50 bits per heavy atom. The minimum Gasteiger partial charge on any atom is -0.489 e. The molecule has 0 aliphatic carbocycles. The molecule has 9 heteroatoms. The van der Waals surface area contributed by atoms with Gasteiger partial charge in [-0.05, 0) is 57.9 Å². The van der Waals surface area contributed by atoms with Crippen molar-refractivity contribution < 1.29 is 18.8 Å². The molecule has 3 aromatic rings. The predicted molar refractivity (Wildman–Crippen MR) is 121 cm³/mol. The van der Waals surface area contributed by atoms with Crippen LogP contribution in [0.15, 0.2) is 34.2 Å². The number of carbonyl (C=O) groups excluding carboxylic acids is 2. The fraction of sp³-hybridized carbons (Fsp3) is 0.391. The summed E-state index contributed by atoms with van der Waals surface area (Å²) >= 11 is 1.42. The number of aromatic nitrogens is 2. The molecule has 0 radical (unpaired) electrons. The van der Waals surface area contributed by atoms with Crippen LogP contribution in [0.2, 0.25) is 0 Å². The third-order valence-electron chi connectivity index (χ3n) is 5.67. The molecule has 4 rings (SSSR count). The third-order valence-corrected chi connectivity index (χ3v) is 6.54. The molecule has 1 aromatic carbocycles. The number of aryl methyl sites for hydroxylation is 3. The molecule has 1 N–H and O–H groups in total. The molecule has 0 bridgehead atoms. The van der Waals surface area contributed by atoms with E-state index in [0.717, 1.165) is 22.7 Å². The molecule has 0 atom stereocenters. The zero-order valence-electron chi connectivity index (χ0n) is 18.4. The molecule has 0 saturated carbocycles. The molecule has 1 aliphatic heterocycles. The van der Waals surface area contributed by atoms with Crippen LogP contribution in [0.1, 0.15) is 45.9 Å². The molecule has 8 nitrogen and oxygen atoms in total. The average molecular weight is 455 g/mol. The van der Waals surface area contributed by atoms with Crippen molar-refractivity contribution in [3.05, 3.63) is 57.9 Å². The summed E-state index contributed by atoms with van der Waals surface area (Å²) < 4.78 is 11.0. The quantitative estimate of drug-likeness (QED) is 0.602. The van der Waals surface area contributed by atoms with Gasteiger partial charge in [0.15, 0.2) is 5.13 Å². The highest BCUT2D eigenvalue weighted by atomic mass is 32.1. The number of nitrogens with one attached hydrogen (secondary N) is 1. The topological polar surface area (TPSA) is 97.6 Å². The second-order valence-corrected chi connectivity index (χ2v) is 8.82. The number of carbonyl (C=O) groups is 2. The fourth-order valence-electron chi connectivity index (χ4n) is 3.70. The van der Waals surface area contributed by atoms with E-state index in [1.807, 2.05) is 26.2 Å². The molecule has 0 unspecified atom stereocenters. The summed E-state index contributed by atoms with van der Waals surface area (Å²) in [6.07, 6.45) is 1.28. The Kier molecular flexibility index (Phi) is 6.55. The number of likely N-dealkylation sites (tertiary alicyclic amines) is 1. The first-order chi connectivity index (χ1) is 15.4. The van der Waals surface area contributed by atoms with Crippen molar-refractivity contribution in [1.82, 2.24) is 15.0 Å². The van der Waals surface area contributed by atoms with E-state index in [2.05, 4.69) is 15.5 Å². The number of hydrogen-bond donors (Lipinski definition) is 1. The van der Waals surface area contributed by atoms with Crippen LogP contribution in [0.25, 0.3) is 0 Å². The summed E-state index contributed by atoms with van der Waals surface area (Å²) in [6, 6.07) is 7.13. The molecule has 32 heavy (non-hydrogen) atoms. The molecule has 3 heterocycles. The van der Waals surface area contributed by atoms with Crippen LogP contribution in [-0.2, 0) is 11.4 Å². The Balaban J connectivity index is 1.28. The molecule has 1 aliphatic rings. The van der Waals surface area contributed by atoms with E-state index in [9.17, 15) is 9.59 Å². The molecule has 1 saturated heterocycles. The maximum Gasteiger partial charge on any atom is 0.253 e. The Morgan fingerprint density at radius 2 is 1.91 bits per heavy atom. The van der Waals surface area contributed by atoms with Crippen molar-refractivity contribution in [3.8, 4) is 5.75 Å². The second-order valence-electron chi connectivity index (χ2n) is 7.97. The lowest BCUT2D eigenvalue weighted by atomic mass is 9.95. The van der Waals surface area contributed by atoms with E-state index < -0.39 is 0 Å². The molecule has 2 amide bonds. The summed E-state index contributed by atoms with van der Waals surface area (Å²) in [5.74, 6) is 1.26. The summed E-state index contributed by atoms with van der Waals surface area (Å²) in [7, 11) is 0. The molecular formula is C23H26N4O4S. The first kappa shape index (κ1) is 22.0. The monoisotopic (exact) mass is 454 g/mol. The van der Waals surface area contributed by atoms with Gasteiger partial charge in [-0.3, -0.25) is 9.59 Å². The number of anilines is 1. The number of rotatable bonds is 6.